The van der Waals surface area contributed by atoms with Gasteiger partial charge < -0.3 is 10.6 Å². The van der Waals surface area contributed by atoms with Crippen LogP contribution in [0, 0.1) is 6.92 Å². The number of nitrogens with zero attached hydrogens (tertiary/aromatic N) is 4. The highest BCUT2D eigenvalue weighted by Gasteiger charge is 2.31. The van der Waals surface area contributed by atoms with E-state index < -0.39 is 11.7 Å². The van der Waals surface area contributed by atoms with E-state index in [4.69, 9.17) is 0 Å². The molecule has 0 atom stereocenters. The Hall–Kier alpha value is -4.27. The summed E-state index contributed by atoms with van der Waals surface area (Å²) in [6.07, 6.45) is 1.07. The van der Waals surface area contributed by atoms with E-state index in [0.717, 1.165) is 50.6 Å². The summed E-state index contributed by atoms with van der Waals surface area (Å²) in [6.45, 7) is 2.02. The topological polar surface area (TPSA) is 75.6 Å². The Labute approximate surface area is 192 Å². The maximum Gasteiger partial charge on any atom is 0.417 e. The van der Waals surface area contributed by atoms with Crippen molar-refractivity contribution in [3.63, 3.8) is 0 Å². The minimum absolute atomic E-state index is 0.208. The van der Waals surface area contributed by atoms with Gasteiger partial charge in [-0.2, -0.15) is 13.2 Å². The highest BCUT2D eigenvalue weighted by Crippen LogP contribution is 2.37. The third-order valence-electron chi connectivity index (χ3n) is 5.57. The number of rotatable bonds is 4. The van der Waals surface area contributed by atoms with Gasteiger partial charge in [0.05, 0.1) is 23.0 Å². The van der Waals surface area contributed by atoms with Crippen molar-refractivity contribution < 1.29 is 13.2 Å². The molecule has 0 saturated heterocycles. The first-order chi connectivity index (χ1) is 16.3. The van der Waals surface area contributed by atoms with Crippen LogP contribution >= 0.6 is 0 Å². The lowest BCUT2D eigenvalue weighted by Gasteiger charge is -2.15. The number of hydrogen-bond donors (Lipinski definition) is 2. The van der Waals surface area contributed by atoms with Gasteiger partial charge in [-0.15, -0.1) is 0 Å². The van der Waals surface area contributed by atoms with Gasteiger partial charge in [0.1, 0.15) is 5.82 Å². The Morgan fingerprint density at radius 1 is 0.882 bits per heavy atom. The summed E-state index contributed by atoms with van der Waals surface area (Å²) in [5.74, 6) is 0.995. The third-order valence-corrected chi connectivity index (χ3v) is 5.57. The number of aromatic nitrogens is 4. The lowest BCUT2D eigenvalue weighted by molar-refractivity contribution is -0.137. The number of halogens is 3. The molecule has 0 amide bonds. The quantitative estimate of drug-likeness (QED) is 0.325. The lowest BCUT2D eigenvalue weighted by Crippen LogP contribution is -2.06. The fourth-order valence-electron chi connectivity index (χ4n) is 3.96. The zero-order chi connectivity index (χ0) is 23.9. The van der Waals surface area contributed by atoms with Crippen molar-refractivity contribution >= 4 is 39.1 Å². The molecule has 9 heteroatoms. The van der Waals surface area contributed by atoms with Crippen LogP contribution in [-0.2, 0) is 6.18 Å². The molecule has 34 heavy (non-hydrogen) atoms. The minimum atomic E-state index is -4.48. The highest BCUT2D eigenvalue weighted by molar-refractivity contribution is 6.04. The van der Waals surface area contributed by atoms with Gasteiger partial charge in [-0.25, -0.2) is 15.0 Å². The van der Waals surface area contributed by atoms with Crippen LogP contribution in [0.1, 0.15) is 11.1 Å². The fraction of sp³-hybridized carbons (Fsp3) is 0.120. The van der Waals surface area contributed by atoms with Crippen LogP contribution in [0.5, 0.6) is 0 Å². The van der Waals surface area contributed by atoms with E-state index in [1.165, 1.54) is 6.20 Å². The molecule has 0 bridgehead atoms. The van der Waals surface area contributed by atoms with E-state index in [0.29, 0.717) is 11.8 Å². The number of benzene rings is 2. The molecule has 0 aliphatic rings. The van der Waals surface area contributed by atoms with Gasteiger partial charge in [-0.1, -0.05) is 18.2 Å². The van der Waals surface area contributed by atoms with Gasteiger partial charge >= 0.3 is 6.18 Å². The molecule has 0 radical (unpaired) electrons. The predicted octanol–water partition coefficient (Wildman–Crippen LogP) is 6.35. The molecule has 0 spiro atoms. The molecule has 0 fully saturated rings. The number of alkyl halides is 3. The first-order valence-electron chi connectivity index (χ1n) is 10.5. The third kappa shape index (κ3) is 3.96. The van der Waals surface area contributed by atoms with Crippen molar-refractivity contribution in [3.05, 3.63) is 78.4 Å². The number of aryl methyl sites for hydroxylation is 1. The monoisotopic (exact) mass is 460 g/mol. The molecular formula is C25H19F3N6. The van der Waals surface area contributed by atoms with Crippen molar-refractivity contribution in [1.82, 2.24) is 19.9 Å². The molecule has 3 aromatic heterocycles. The molecule has 0 aliphatic heterocycles. The van der Waals surface area contributed by atoms with E-state index in [1.807, 2.05) is 43.3 Å². The predicted molar refractivity (Wildman–Crippen MR) is 127 cm³/mol. The van der Waals surface area contributed by atoms with Crippen molar-refractivity contribution in [3.8, 4) is 11.1 Å². The zero-order valence-electron chi connectivity index (χ0n) is 18.3. The maximum absolute atomic E-state index is 13.1. The molecule has 6 nitrogen and oxygen atoms in total. The summed E-state index contributed by atoms with van der Waals surface area (Å²) in [5, 5.41) is 8.53. The maximum atomic E-state index is 13.1. The summed E-state index contributed by atoms with van der Waals surface area (Å²) in [7, 11) is 1.77. The van der Waals surface area contributed by atoms with E-state index in [1.54, 1.807) is 19.4 Å². The lowest BCUT2D eigenvalue weighted by atomic mass is 9.94. The average Bonchev–Trinajstić information content (AvgIpc) is 2.83. The Kier molecular flexibility index (Phi) is 5.24. The molecule has 0 aliphatic carbocycles. The standard InChI is InChI=1S/C25H19F3N6/c1-14-3-5-20-19(22(14)15-4-6-21-16(9-15)11-32-24(29-2)34-21)7-8-31-23(20)33-18-10-17(12-30-13-18)25(26,27)28/h3-13H,1-2H3,(H,31,33)(H,29,32,34). The first-order valence-corrected chi connectivity index (χ1v) is 10.5. The molecule has 170 valence electrons. The summed E-state index contributed by atoms with van der Waals surface area (Å²) < 4.78 is 39.3. The molecule has 5 rings (SSSR count). The highest BCUT2D eigenvalue weighted by atomic mass is 19.4. The van der Waals surface area contributed by atoms with Crippen LogP contribution in [0.15, 0.2) is 67.3 Å². The molecule has 0 unspecified atom stereocenters. The number of fused-ring (bicyclic) bond motifs is 2. The zero-order valence-corrected chi connectivity index (χ0v) is 18.3. The van der Waals surface area contributed by atoms with Crippen LogP contribution < -0.4 is 10.6 Å². The van der Waals surface area contributed by atoms with E-state index >= 15 is 0 Å². The van der Waals surface area contributed by atoms with Gasteiger partial charge in [0.2, 0.25) is 5.95 Å². The van der Waals surface area contributed by atoms with Gasteiger partial charge in [-0.3, -0.25) is 4.98 Å². The van der Waals surface area contributed by atoms with Crippen LogP contribution in [-0.4, -0.2) is 27.0 Å². The molecule has 3 heterocycles. The SMILES string of the molecule is CNc1ncc2cc(-c3c(C)ccc4c(Nc5cncc(C(F)(F)F)c5)nccc34)ccc2n1. The average molecular weight is 460 g/mol. The van der Waals surface area contributed by atoms with Crippen LogP contribution in [0.2, 0.25) is 0 Å². The molecule has 5 aromatic rings. The van der Waals surface area contributed by atoms with Crippen LogP contribution in [0.25, 0.3) is 32.8 Å². The number of anilines is 3. The second-order valence-corrected chi connectivity index (χ2v) is 7.81. The number of pyridine rings is 2. The van der Waals surface area contributed by atoms with Crippen LogP contribution in [0.3, 0.4) is 0 Å². The Morgan fingerprint density at radius 3 is 2.53 bits per heavy atom. The normalized spacial score (nSPS) is 11.7. The summed E-state index contributed by atoms with van der Waals surface area (Å²) in [5.41, 5.74) is 3.24. The van der Waals surface area contributed by atoms with Crippen molar-refractivity contribution in [2.24, 2.45) is 0 Å². The van der Waals surface area contributed by atoms with Gasteiger partial charge in [0.15, 0.2) is 0 Å². The van der Waals surface area contributed by atoms with E-state index in [9.17, 15) is 13.2 Å². The number of nitrogens with one attached hydrogen (secondary N) is 2. The Bertz CT molecular complexity index is 1530. The van der Waals surface area contributed by atoms with E-state index in [2.05, 4.69) is 30.6 Å². The van der Waals surface area contributed by atoms with Crippen LogP contribution in [0.4, 0.5) is 30.6 Å². The molecule has 2 aromatic carbocycles. The van der Waals surface area contributed by atoms with Crippen molar-refractivity contribution in [2.45, 2.75) is 13.1 Å². The van der Waals surface area contributed by atoms with Crippen molar-refractivity contribution in [2.75, 3.05) is 17.7 Å². The first kappa shape index (κ1) is 21.6. The second-order valence-electron chi connectivity index (χ2n) is 7.81. The smallest absolute Gasteiger partial charge is 0.357 e. The Morgan fingerprint density at radius 2 is 1.74 bits per heavy atom. The molecule has 2 N–H and O–H groups in total. The summed E-state index contributed by atoms with van der Waals surface area (Å²) >= 11 is 0. The van der Waals surface area contributed by atoms with E-state index in [-0.39, 0.29) is 5.69 Å². The second kappa shape index (κ2) is 8.26. The fourth-order valence-corrected chi connectivity index (χ4v) is 3.96. The molecular weight excluding hydrogens is 441 g/mol. The Balaban J connectivity index is 1.61. The largest absolute Gasteiger partial charge is 0.417 e. The molecule has 0 saturated carbocycles. The summed E-state index contributed by atoms with van der Waals surface area (Å²) in [4.78, 5) is 16.9. The minimum Gasteiger partial charge on any atom is -0.357 e. The summed E-state index contributed by atoms with van der Waals surface area (Å²) in [6, 6.07) is 12.8. The number of hydrogen-bond acceptors (Lipinski definition) is 6. The van der Waals surface area contributed by atoms with Crippen molar-refractivity contribution in [1.29, 1.82) is 0 Å². The van der Waals surface area contributed by atoms with Gasteiger partial charge in [0.25, 0.3) is 0 Å². The van der Waals surface area contributed by atoms with Gasteiger partial charge in [0, 0.05) is 36.4 Å². The van der Waals surface area contributed by atoms with Gasteiger partial charge in [-0.05, 0) is 53.3 Å².